The molecule has 0 aliphatic rings. The van der Waals surface area contributed by atoms with Gasteiger partial charge >= 0.3 is 5.97 Å². The Morgan fingerprint density at radius 1 is 1.16 bits per heavy atom. The number of carbonyl (C=O) groups excluding carboxylic acids is 2. The highest BCUT2D eigenvalue weighted by Gasteiger charge is 2.36. The van der Waals surface area contributed by atoms with Crippen molar-refractivity contribution in [3.05, 3.63) is 60.1 Å². The van der Waals surface area contributed by atoms with Crippen molar-refractivity contribution in [3.8, 4) is 0 Å². The SMILES string of the molecule is CC(NC(=O)c1ccco1)C(=O)NCC(C)(C(=O)O)c1ccccc1. The molecule has 2 aromatic rings. The minimum Gasteiger partial charge on any atom is -0.481 e. The molecule has 0 spiro atoms. The number of hydrogen-bond donors (Lipinski definition) is 3. The molecule has 2 atom stereocenters. The van der Waals surface area contributed by atoms with Crippen LogP contribution in [-0.2, 0) is 15.0 Å². The molecule has 0 aliphatic heterocycles. The Labute approximate surface area is 145 Å². The first-order chi connectivity index (χ1) is 11.8. The second-order valence-corrected chi connectivity index (χ2v) is 5.89. The number of aliphatic carboxylic acids is 1. The van der Waals surface area contributed by atoms with Gasteiger partial charge in [-0.1, -0.05) is 30.3 Å². The van der Waals surface area contributed by atoms with Crippen LogP contribution in [0.3, 0.4) is 0 Å². The molecule has 1 aromatic heterocycles. The molecule has 132 valence electrons. The number of carbonyl (C=O) groups is 3. The van der Waals surface area contributed by atoms with Crippen LogP contribution in [0.2, 0.25) is 0 Å². The standard InChI is InChI=1S/C18H20N2O5/c1-12(20-16(22)14-9-6-10-25-14)15(21)19-11-18(2,17(23)24)13-7-4-3-5-8-13/h3-10,12H,11H2,1-2H3,(H,19,21)(H,20,22)(H,23,24). The molecule has 2 amide bonds. The van der Waals surface area contributed by atoms with E-state index in [-0.39, 0.29) is 12.3 Å². The van der Waals surface area contributed by atoms with Crippen LogP contribution in [0.15, 0.2) is 53.1 Å². The van der Waals surface area contributed by atoms with E-state index in [1.54, 1.807) is 36.4 Å². The molecule has 0 bridgehead atoms. The van der Waals surface area contributed by atoms with Crippen LogP contribution >= 0.6 is 0 Å². The van der Waals surface area contributed by atoms with E-state index in [9.17, 15) is 19.5 Å². The first-order valence-corrected chi connectivity index (χ1v) is 7.75. The fourth-order valence-corrected chi connectivity index (χ4v) is 2.27. The van der Waals surface area contributed by atoms with Gasteiger partial charge in [-0.15, -0.1) is 0 Å². The fraction of sp³-hybridized carbons (Fsp3) is 0.278. The average Bonchev–Trinajstić information content (AvgIpc) is 3.14. The van der Waals surface area contributed by atoms with Gasteiger partial charge < -0.3 is 20.2 Å². The molecule has 1 heterocycles. The van der Waals surface area contributed by atoms with Crippen LogP contribution in [0.4, 0.5) is 0 Å². The largest absolute Gasteiger partial charge is 0.481 e. The van der Waals surface area contributed by atoms with Crippen molar-refractivity contribution in [1.29, 1.82) is 0 Å². The quantitative estimate of drug-likeness (QED) is 0.706. The van der Waals surface area contributed by atoms with Gasteiger partial charge in [-0.2, -0.15) is 0 Å². The van der Waals surface area contributed by atoms with Gasteiger partial charge in [0.2, 0.25) is 5.91 Å². The molecule has 2 rings (SSSR count). The number of furan rings is 1. The van der Waals surface area contributed by atoms with Crippen molar-refractivity contribution >= 4 is 17.8 Å². The fourth-order valence-electron chi connectivity index (χ4n) is 2.27. The molecule has 3 N–H and O–H groups in total. The van der Waals surface area contributed by atoms with E-state index in [1.165, 1.54) is 26.2 Å². The highest BCUT2D eigenvalue weighted by atomic mass is 16.4. The summed E-state index contributed by atoms with van der Waals surface area (Å²) in [5.74, 6) is -1.95. The van der Waals surface area contributed by atoms with E-state index in [0.29, 0.717) is 5.56 Å². The molecule has 0 aliphatic carbocycles. The summed E-state index contributed by atoms with van der Waals surface area (Å²) in [6.07, 6.45) is 1.36. The van der Waals surface area contributed by atoms with E-state index >= 15 is 0 Å². The normalized spacial score (nSPS) is 14.2. The van der Waals surface area contributed by atoms with Gasteiger partial charge in [0.1, 0.15) is 11.5 Å². The smallest absolute Gasteiger partial charge is 0.315 e. The van der Waals surface area contributed by atoms with E-state index in [4.69, 9.17) is 4.42 Å². The summed E-state index contributed by atoms with van der Waals surface area (Å²) in [5, 5.41) is 14.7. The summed E-state index contributed by atoms with van der Waals surface area (Å²) < 4.78 is 4.96. The third-order valence-electron chi connectivity index (χ3n) is 3.98. The molecule has 7 heteroatoms. The van der Waals surface area contributed by atoms with E-state index in [1.807, 2.05) is 0 Å². The molecule has 1 aromatic carbocycles. The van der Waals surface area contributed by atoms with Crippen molar-refractivity contribution in [1.82, 2.24) is 10.6 Å². The highest BCUT2D eigenvalue weighted by Crippen LogP contribution is 2.23. The zero-order valence-corrected chi connectivity index (χ0v) is 14.0. The third kappa shape index (κ3) is 4.26. The first-order valence-electron chi connectivity index (χ1n) is 7.75. The molecule has 0 saturated heterocycles. The van der Waals surface area contributed by atoms with E-state index in [0.717, 1.165) is 0 Å². The second kappa shape index (κ2) is 7.65. The first kappa shape index (κ1) is 18.3. The van der Waals surface area contributed by atoms with Crippen molar-refractivity contribution in [3.63, 3.8) is 0 Å². The number of amides is 2. The maximum absolute atomic E-state index is 12.2. The van der Waals surface area contributed by atoms with Crippen LogP contribution in [0.1, 0.15) is 30.0 Å². The Kier molecular flexibility index (Phi) is 5.59. The molecule has 0 fully saturated rings. The minimum absolute atomic E-state index is 0.0966. The van der Waals surface area contributed by atoms with Gasteiger partial charge in [-0.3, -0.25) is 14.4 Å². The maximum Gasteiger partial charge on any atom is 0.315 e. The zero-order valence-electron chi connectivity index (χ0n) is 14.0. The average molecular weight is 344 g/mol. The topological polar surface area (TPSA) is 109 Å². The van der Waals surface area contributed by atoms with Crippen LogP contribution in [-0.4, -0.2) is 35.5 Å². The zero-order chi connectivity index (χ0) is 18.4. The number of rotatable bonds is 7. The highest BCUT2D eigenvalue weighted by molar-refractivity contribution is 5.95. The Hall–Kier alpha value is -3.09. The molecule has 0 saturated carbocycles. The van der Waals surface area contributed by atoms with Gasteiger partial charge in [0.15, 0.2) is 5.76 Å². The lowest BCUT2D eigenvalue weighted by molar-refractivity contribution is -0.143. The Balaban J connectivity index is 1.99. The summed E-state index contributed by atoms with van der Waals surface area (Å²) >= 11 is 0. The Morgan fingerprint density at radius 2 is 1.84 bits per heavy atom. The molecular weight excluding hydrogens is 324 g/mol. The van der Waals surface area contributed by atoms with Crippen LogP contribution in [0.5, 0.6) is 0 Å². The second-order valence-electron chi connectivity index (χ2n) is 5.89. The summed E-state index contributed by atoms with van der Waals surface area (Å²) in [7, 11) is 0. The summed E-state index contributed by atoms with van der Waals surface area (Å²) in [5.41, 5.74) is -0.697. The number of carboxylic acids is 1. The van der Waals surface area contributed by atoms with Gasteiger partial charge in [-0.05, 0) is 31.5 Å². The predicted molar refractivity (Wildman–Crippen MR) is 90.1 cm³/mol. The van der Waals surface area contributed by atoms with E-state index < -0.39 is 29.2 Å². The number of nitrogens with one attached hydrogen (secondary N) is 2. The molecule has 7 nitrogen and oxygen atoms in total. The van der Waals surface area contributed by atoms with Gasteiger partial charge in [-0.25, -0.2) is 0 Å². The van der Waals surface area contributed by atoms with Crippen LogP contribution in [0.25, 0.3) is 0 Å². The summed E-state index contributed by atoms with van der Waals surface area (Å²) in [6.45, 7) is 2.94. The summed E-state index contributed by atoms with van der Waals surface area (Å²) in [4.78, 5) is 35.8. The van der Waals surface area contributed by atoms with Crippen molar-refractivity contribution in [2.75, 3.05) is 6.54 Å². The Morgan fingerprint density at radius 3 is 2.40 bits per heavy atom. The maximum atomic E-state index is 12.2. The van der Waals surface area contributed by atoms with Crippen molar-refractivity contribution < 1.29 is 23.9 Å². The van der Waals surface area contributed by atoms with Crippen LogP contribution in [0, 0.1) is 0 Å². The molecule has 0 radical (unpaired) electrons. The van der Waals surface area contributed by atoms with Gasteiger partial charge in [0, 0.05) is 6.54 Å². The third-order valence-corrected chi connectivity index (χ3v) is 3.98. The summed E-state index contributed by atoms with van der Waals surface area (Å²) in [6, 6.07) is 10.9. The lowest BCUT2D eigenvalue weighted by Crippen LogP contribution is -2.50. The van der Waals surface area contributed by atoms with E-state index in [2.05, 4.69) is 10.6 Å². The van der Waals surface area contributed by atoms with Crippen molar-refractivity contribution in [2.24, 2.45) is 0 Å². The predicted octanol–water partition coefficient (Wildman–Crippen LogP) is 1.56. The number of benzene rings is 1. The lowest BCUT2D eigenvalue weighted by Gasteiger charge is -2.26. The Bertz CT molecular complexity index is 742. The monoisotopic (exact) mass is 344 g/mol. The minimum atomic E-state index is -1.28. The van der Waals surface area contributed by atoms with Crippen LogP contribution < -0.4 is 10.6 Å². The van der Waals surface area contributed by atoms with Gasteiger partial charge in [0.05, 0.1) is 6.26 Å². The molecule has 25 heavy (non-hydrogen) atoms. The number of hydrogen-bond acceptors (Lipinski definition) is 4. The lowest BCUT2D eigenvalue weighted by atomic mass is 9.82. The van der Waals surface area contributed by atoms with Gasteiger partial charge in [0.25, 0.3) is 5.91 Å². The molecular formula is C18H20N2O5. The van der Waals surface area contributed by atoms with Crippen molar-refractivity contribution in [2.45, 2.75) is 25.3 Å². The number of carboxylic acid groups (broad SMARTS) is 1. The molecule has 2 unspecified atom stereocenters.